The van der Waals surface area contributed by atoms with E-state index in [-0.39, 0.29) is 6.61 Å². The molecule has 7 nitrogen and oxygen atoms in total. The van der Waals surface area contributed by atoms with Crippen LogP contribution in [0.15, 0.2) is 0 Å². The van der Waals surface area contributed by atoms with Crippen molar-refractivity contribution in [2.45, 2.75) is 6.92 Å². The lowest BCUT2D eigenvalue weighted by Crippen LogP contribution is -2.33. The average molecular weight is 258 g/mol. The highest BCUT2D eigenvalue weighted by Crippen LogP contribution is 2.59. The zero-order valence-corrected chi connectivity index (χ0v) is 10.3. The predicted octanol–water partition coefficient (Wildman–Crippen LogP) is -0.673. The summed E-state index contributed by atoms with van der Waals surface area (Å²) >= 11 is 0. The van der Waals surface area contributed by atoms with Crippen molar-refractivity contribution in [1.82, 2.24) is 0 Å². The van der Waals surface area contributed by atoms with Crippen LogP contribution in [-0.4, -0.2) is 45.0 Å². The predicted molar refractivity (Wildman–Crippen MR) is 56.1 cm³/mol. The Hall–Kier alpha value is -1.92. The quantitative estimate of drug-likeness (QED) is 0.279. The van der Waals surface area contributed by atoms with Crippen molar-refractivity contribution in [1.29, 1.82) is 0 Å². The third-order valence-corrected chi connectivity index (χ3v) is 3.09. The summed E-state index contributed by atoms with van der Waals surface area (Å²) in [5, 5.41) is 0. The molecule has 1 aliphatic carbocycles. The lowest BCUT2D eigenvalue weighted by Gasteiger charge is -2.12. The lowest BCUT2D eigenvalue weighted by atomic mass is 10.0. The summed E-state index contributed by atoms with van der Waals surface area (Å²) < 4.78 is 13.8. The Bertz CT molecular complexity index is 371. The maximum atomic E-state index is 11.7. The zero-order chi connectivity index (χ0) is 13.9. The number of methoxy groups -OCH3 is 2. The van der Waals surface area contributed by atoms with Crippen LogP contribution in [0.2, 0.25) is 0 Å². The Morgan fingerprint density at radius 1 is 1.17 bits per heavy atom. The second-order valence-electron chi connectivity index (χ2n) is 3.92. The van der Waals surface area contributed by atoms with Crippen molar-refractivity contribution < 1.29 is 33.4 Å². The summed E-state index contributed by atoms with van der Waals surface area (Å²) in [5.74, 6) is -3.90. The molecule has 1 rings (SSSR count). The van der Waals surface area contributed by atoms with Gasteiger partial charge in [0.15, 0.2) is 5.41 Å². The molecule has 1 aliphatic rings. The van der Waals surface area contributed by atoms with Crippen LogP contribution in [0.3, 0.4) is 0 Å². The minimum atomic E-state index is -1.68. The van der Waals surface area contributed by atoms with E-state index in [1.54, 1.807) is 0 Å². The highest BCUT2D eigenvalue weighted by atomic mass is 16.6. The number of hydrogen-bond donors (Lipinski definition) is 0. The molecule has 2 atom stereocenters. The fourth-order valence-electron chi connectivity index (χ4n) is 2.13. The number of carbonyl (C=O) groups is 4. The fraction of sp³-hybridized carbons (Fsp3) is 0.636. The van der Waals surface area contributed by atoms with Gasteiger partial charge in [0.25, 0.3) is 0 Å². The first kappa shape index (κ1) is 14.1. The summed E-state index contributed by atoms with van der Waals surface area (Å²) in [6.07, 6.45) is 0.474. The minimum Gasteiger partial charge on any atom is -0.468 e. The van der Waals surface area contributed by atoms with Crippen LogP contribution in [0.4, 0.5) is 0 Å². The van der Waals surface area contributed by atoms with E-state index in [0.29, 0.717) is 6.29 Å². The molecule has 1 saturated carbocycles. The van der Waals surface area contributed by atoms with Gasteiger partial charge in [0.1, 0.15) is 6.29 Å². The smallest absolute Gasteiger partial charge is 0.324 e. The normalized spacial score (nSPS) is 23.7. The Kier molecular flexibility index (Phi) is 4.05. The van der Waals surface area contributed by atoms with Gasteiger partial charge in [-0.1, -0.05) is 0 Å². The van der Waals surface area contributed by atoms with Gasteiger partial charge in [0, 0.05) is 18.8 Å². The number of esters is 3. The molecule has 0 aromatic rings. The number of ether oxygens (including phenoxy) is 3. The van der Waals surface area contributed by atoms with Crippen molar-refractivity contribution >= 4 is 24.2 Å². The van der Waals surface area contributed by atoms with Gasteiger partial charge in [0.2, 0.25) is 0 Å². The third kappa shape index (κ3) is 1.96. The van der Waals surface area contributed by atoms with Crippen LogP contribution in [0.1, 0.15) is 6.92 Å². The van der Waals surface area contributed by atoms with Gasteiger partial charge in [0.05, 0.1) is 20.8 Å². The SMILES string of the molecule is COC(=O)C1(C(=O)OC)C(C=O)C1COC(C)=O. The van der Waals surface area contributed by atoms with E-state index in [2.05, 4.69) is 9.47 Å². The Morgan fingerprint density at radius 3 is 2.00 bits per heavy atom. The Morgan fingerprint density at radius 2 is 1.67 bits per heavy atom. The molecule has 0 N–H and O–H groups in total. The van der Waals surface area contributed by atoms with E-state index >= 15 is 0 Å². The van der Waals surface area contributed by atoms with Gasteiger partial charge in [-0.15, -0.1) is 0 Å². The summed E-state index contributed by atoms with van der Waals surface area (Å²) in [5.41, 5.74) is -1.68. The first-order valence-electron chi connectivity index (χ1n) is 5.22. The first-order valence-corrected chi connectivity index (χ1v) is 5.22. The maximum absolute atomic E-state index is 11.7. The van der Waals surface area contributed by atoms with Crippen LogP contribution in [0.5, 0.6) is 0 Å². The van der Waals surface area contributed by atoms with E-state index in [4.69, 9.17) is 4.74 Å². The van der Waals surface area contributed by atoms with Crippen molar-refractivity contribution in [3.8, 4) is 0 Å². The third-order valence-electron chi connectivity index (χ3n) is 3.09. The van der Waals surface area contributed by atoms with Gasteiger partial charge < -0.3 is 19.0 Å². The van der Waals surface area contributed by atoms with Crippen LogP contribution in [0, 0.1) is 17.3 Å². The van der Waals surface area contributed by atoms with Gasteiger partial charge in [-0.2, -0.15) is 0 Å². The van der Waals surface area contributed by atoms with Crippen LogP contribution >= 0.6 is 0 Å². The molecule has 0 aromatic carbocycles. The molecule has 0 heterocycles. The topological polar surface area (TPSA) is 96.0 Å². The molecular formula is C11H14O7. The average Bonchev–Trinajstić information content (AvgIpc) is 3.03. The molecule has 7 heteroatoms. The second kappa shape index (κ2) is 5.16. The molecule has 0 saturated heterocycles. The number of aldehydes is 1. The highest BCUT2D eigenvalue weighted by molar-refractivity contribution is 6.08. The zero-order valence-electron chi connectivity index (χ0n) is 10.3. The standard InChI is InChI=1S/C11H14O7/c1-6(13)18-5-8-7(4-12)11(8,9(14)16-2)10(15)17-3/h4,7-8H,5H2,1-3H3. The van der Waals surface area contributed by atoms with Crippen molar-refractivity contribution in [3.05, 3.63) is 0 Å². The molecule has 0 aliphatic heterocycles. The summed E-state index contributed by atoms with van der Waals surface area (Å²) in [6, 6.07) is 0. The van der Waals surface area contributed by atoms with Crippen molar-refractivity contribution in [3.63, 3.8) is 0 Å². The molecule has 0 aromatic heterocycles. The van der Waals surface area contributed by atoms with Gasteiger partial charge in [-0.25, -0.2) is 0 Å². The molecule has 18 heavy (non-hydrogen) atoms. The van der Waals surface area contributed by atoms with Crippen molar-refractivity contribution in [2.75, 3.05) is 20.8 Å². The van der Waals surface area contributed by atoms with Crippen LogP contribution in [0.25, 0.3) is 0 Å². The molecule has 1 fully saturated rings. The molecule has 0 radical (unpaired) electrons. The van der Waals surface area contributed by atoms with Gasteiger partial charge >= 0.3 is 17.9 Å². The van der Waals surface area contributed by atoms with Crippen molar-refractivity contribution in [2.24, 2.45) is 17.3 Å². The number of carbonyl (C=O) groups excluding carboxylic acids is 4. The number of rotatable bonds is 5. The molecule has 2 unspecified atom stereocenters. The molecule has 100 valence electrons. The van der Waals surface area contributed by atoms with E-state index < -0.39 is 35.2 Å². The lowest BCUT2D eigenvalue weighted by molar-refractivity contribution is -0.164. The highest BCUT2D eigenvalue weighted by Gasteiger charge is 2.77. The fourth-order valence-corrected chi connectivity index (χ4v) is 2.13. The monoisotopic (exact) mass is 258 g/mol. The van der Waals surface area contributed by atoms with Crippen LogP contribution in [-0.2, 0) is 33.4 Å². The molecule has 0 spiro atoms. The van der Waals surface area contributed by atoms with E-state index in [9.17, 15) is 19.2 Å². The largest absolute Gasteiger partial charge is 0.468 e. The van der Waals surface area contributed by atoms with E-state index in [0.717, 1.165) is 14.2 Å². The molecule has 0 bridgehead atoms. The summed E-state index contributed by atoms with van der Waals surface area (Å²) in [6.45, 7) is 0.985. The van der Waals surface area contributed by atoms with E-state index in [1.807, 2.05) is 0 Å². The minimum absolute atomic E-state index is 0.205. The summed E-state index contributed by atoms with van der Waals surface area (Å²) in [4.78, 5) is 45.0. The van der Waals surface area contributed by atoms with Crippen LogP contribution < -0.4 is 0 Å². The number of hydrogen-bond acceptors (Lipinski definition) is 7. The second-order valence-corrected chi connectivity index (χ2v) is 3.92. The van der Waals surface area contributed by atoms with Gasteiger partial charge in [-0.3, -0.25) is 14.4 Å². The Balaban J connectivity index is 2.97. The maximum Gasteiger partial charge on any atom is 0.324 e. The van der Waals surface area contributed by atoms with Gasteiger partial charge in [-0.05, 0) is 0 Å². The molecule has 0 amide bonds. The summed E-state index contributed by atoms with van der Waals surface area (Å²) in [7, 11) is 2.21. The first-order chi connectivity index (χ1) is 8.46. The Labute approximate surface area is 103 Å². The molecular weight excluding hydrogens is 244 g/mol. The van der Waals surface area contributed by atoms with E-state index in [1.165, 1.54) is 6.92 Å².